The molecule has 0 radical (unpaired) electrons. The van der Waals surface area contributed by atoms with E-state index in [2.05, 4.69) is 16.8 Å². The number of fused-ring (bicyclic) bond motifs is 1. The Kier molecular flexibility index (Phi) is 12.5. The van der Waals surface area contributed by atoms with Crippen LogP contribution in [0.1, 0.15) is 69.0 Å². The van der Waals surface area contributed by atoms with Crippen molar-refractivity contribution in [1.29, 1.82) is 0 Å². The van der Waals surface area contributed by atoms with Crippen LogP contribution in [-0.2, 0) is 17.8 Å². The fourth-order valence-electron chi connectivity index (χ4n) is 6.17. The van der Waals surface area contributed by atoms with Crippen molar-refractivity contribution < 1.29 is 28.8 Å². The van der Waals surface area contributed by atoms with Crippen LogP contribution in [0.2, 0.25) is 5.02 Å². The normalized spacial score (nSPS) is 13.8. The van der Waals surface area contributed by atoms with E-state index in [1.54, 1.807) is 42.1 Å². The molecule has 1 fully saturated rings. The van der Waals surface area contributed by atoms with Gasteiger partial charge in [-0.05, 0) is 68.7 Å². The molecule has 14 nitrogen and oxygen atoms in total. The second-order valence-electron chi connectivity index (χ2n) is 14.3. The van der Waals surface area contributed by atoms with Gasteiger partial charge in [0.15, 0.2) is 11.5 Å². The second-order valence-corrected chi connectivity index (χ2v) is 14.7. The summed E-state index contributed by atoms with van der Waals surface area (Å²) in [6, 6.07) is 17.6. The Bertz CT molecular complexity index is 2000. The van der Waals surface area contributed by atoms with Gasteiger partial charge < -0.3 is 38.8 Å². The number of methoxy groups -OCH3 is 2. The van der Waals surface area contributed by atoms with Crippen LogP contribution in [0.5, 0.6) is 17.5 Å². The van der Waals surface area contributed by atoms with E-state index in [0.717, 1.165) is 35.5 Å². The molecule has 5 aromatic rings. The summed E-state index contributed by atoms with van der Waals surface area (Å²) in [6.07, 6.45) is 3.43. The average Bonchev–Trinajstić information content (AvgIpc) is 3.61. The van der Waals surface area contributed by atoms with Gasteiger partial charge in [0.1, 0.15) is 29.0 Å². The van der Waals surface area contributed by atoms with Crippen LogP contribution in [-0.4, -0.2) is 93.3 Å². The van der Waals surface area contributed by atoms with E-state index in [1.807, 2.05) is 74.2 Å². The number of imidazole rings is 1. The molecule has 1 N–H and O–H groups in total. The maximum atomic E-state index is 12.6. The number of aliphatic hydroxyl groups excluding tert-OH is 1. The number of aliphatic hydroxyl groups is 1. The number of amides is 1. The van der Waals surface area contributed by atoms with Crippen LogP contribution in [0.25, 0.3) is 5.65 Å². The number of aromatic nitrogens is 5. The third-order valence-corrected chi connectivity index (χ3v) is 9.39. The maximum Gasteiger partial charge on any atom is 0.410 e. The number of anilines is 2. The van der Waals surface area contributed by atoms with Crippen molar-refractivity contribution in [2.45, 2.75) is 65.3 Å². The number of benzene rings is 2. The third-order valence-electron chi connectivity index (χ3n) is 9.11. The van der Waals surface area contributed by atoms with Crippen molar-refractivity contribution in [3.8, 4) is 17.5 Å². The molecule has 1 saturated heterocycles. The predicted octanol–water partition coefficient (Wildman–Crippen LogP) is 6.71. The molecular weight excluding hydrogens is 724 g/mol. The molecule has 1 amide bonds. The minimum Gasteiger partial charge on any atom is -0.497 e. The van der Waals surface area contributed by atoms with Gasteiger partial charge in [-0.1, -0.05) is 49.2 Å². The van der Waals surface area contributed by atoms with Crippen LogP contribution in [0, 0.1) is 0 Å². The van der Waals surface area contributed by atoms with Crippen molar-refractivity contribution in [3.63, 3.8) is 0 Å². The topological polar surface area (TPSA) is 140 Å². The second kappa shape index (κ2) is 17.4. The molecule has 0 saturated carbocycles. The van der Waals surface area contributed by atoms with Gasteiger partial charge in [0, 0.05) is 51.0 Å². The largest absolute Gasteiger partial charge is 0.497 e. The van der Waals surface area contributed by atoms with Gasteiger partial charge in [-0.2, -0.15) is 4.98 Å². The van der Waals surface area contributed by atoms with Gasteiger partial charge in [-0.3, -0.25) is 0 Å². The molecule has 1 atom stereocenters. The highest BCUT2D eigenvalue weighted by Gasteiger charge is 2.29. The average molecular weight is 773 g/mol. The quantitative estimate of drug-likeness (QED) is 0.120. The van der Waals surface area contributed by atoms with Gasteiger partial charge in [0.25, 0.3) is 0 Å². The number of piperazine rings is 1. The summed E-state index contributed by atoms with van der Waals surface area (Å²) in [4.78, 5) is 32.7. The highest BCUT2D eigenvalue weighted by Crippen LogP contribution is 2.33. The van der Waals surface area contributed by atoms with Crippen LogP contribution in [0.4, 0.5) is 16.4 Å². The first-order valence-electron chi connectivity index (χ1n) is 18.4. The number of nitrogens with zero attached hydrogens (tertiary/aromatic N) is 8. The number of rotatable bonds is 14. The Balaban J connectivity index is 1.31. The Morgan fingerprint density at radius 2 is 1.55 bits per heavy atom. The van der Waals surface area contributed by atoms with E-state index in [1.165, 1.54) is 0 Å². The Morgan fingerprint density at radius 3 is 2.09 bits per heavy atom. The predicted molar refractivity (Wildman–Crippen MR) is 210 cm³/mol. The molecule has 15 heteroatoms. The number of ether oxygens (including phenoxy) is 4. The Labute approximate surface area is 326 Å². The fourth-order valence-corrected chi connectivity index (χ4v) is 6.46. The summed E-state index contributed by atoms with van der Waals surface area (Å²) in [5, 5.41) is 16.9. The number of carbonyl (C=O) groups is 1. The summed E-state index contributed by atoms with van der Waals surface area (Å²) in [7, 11) is 3.28. The third kappa shape index (κ3) is 9.67. The molecule has 0 bridgehead atoms. The highest BCUT2D eigenvalue weighted by molar-refractivity contribution is 6.33. The maximum absolute atomic E-state index is 12.6. The molecule has 1 unspecified atom stereocenters. The minimum absolute atomic E-state index is 0.161. The molecule has 2 aromatic carbocycles. The lowest BCUT2D eigenvalue weighted by molar-refractivity contribution is 0.0240. The lowest BCUT2D eigenvalue weighted by Gasteiger charge is -2.36. The highest BCUT2D eigenvalue weighted by atomic mass is 35.5. The first-order chi connectivity index (χ1) is 26.5. The number of hydrogen-bond acceptors (Lipinski definition) is 12. The monoisotopic (exact) mass is 772 g/mol. The zero-order chi connectivity index (χ0) is 39.1. The molecular formula is C40H49ClN8O6. The molecule has 0 spiro atoms. The van der Waals surface area contributed by atoms with E-state index in [-0.39, 0.29) is 12.1 Å². The Hall–Kier alpha value is -5.34. The van der Waals surface area contributed by atoms with Crippen LogP contribution in [0.3, 0.4) is 0 Å². The number of pyridine rings is 1. The van der Waals surface area contributed by atoms with Gasteiger partial charge in [-0.15, -0.1) is 5.10 Å². The number of halogens is 1. The van der Waals surface area contributed by atoms with Crippen molar-refractivity contribution >= 4 is 35.0 Å². The summed E-state index contributed by atoms with van der Waals surface area (Å²) >= 11 is 6.82. The number of unbranched alkanes of at least 4 members (excludes halogenated alkanes) is 1. The summed E-state index contributed by atoms with van der Waals surface area (Å²) < 4.78 is 24.0. The molecule has 55 heavy (non-hydrogen) atoms. The van der Waals surface area contributed by atoms with Crippen molar-refractivity contribution in [3.05, 3.63) is 94.4 Å². The standard InChI is InChI=1S/C40H49ClN8O6/c1-7-8-21-54-38-44-37(48(25-27-9-13-30(52-5)14-10-27)26-28-11-15-31(53-6)16-12-28)36-43-24-33(49(36)45-38)34(50)29-22-32(41)35(42-23-29)46-17-19-47(20-18-46)39(51)55-40(2,3)4/h9-16,22-24,34,50H,7-8,17-21,25-26H2,1-6H3. The molecule has 3 aromatic heterocycles. The first kappa shape index (κ1) is 39.4. The smallest absolute Gasteiger partial charge is 0.410 e. The lowest BCUT2D eigenvalue weighted by Crippen LogP contribution is -2.50. The van der Waals surface area contributed by atoms with Crippen LogP contribution < -0.4 is 24.0 Å². The van der Waals surface area contributed by atoms with E-state index in [0.29, 0.717) is 79.4 Å². The molecule has 292 valence electrons. The van der Waals surface area contributed by atoms with E-state index in [4.69, 9.17) is 45.6 Å². The van der Waals surface area contributed by atoms with Gasteiger partial charge in [0.05, 0.1) is 37.7 Å². The van der Waals surface area contributed by atoms with Gasteiger partial charge >= 0.3 is 12.1 Å². The molecule has 0 aliphatic carbocycles. The lowest BCUT2D eigenvalue weighted by atomic mass is 10.1. The van der Waals surface area contributed by atoms with E-state index < -0.39 is 11.7 Å². The van der Waals surface area contributed by atoms with Gasteiger partial charge in [0.2, 0.25) is 0 Å². The van der Waals surface area contributed by atoms with Crippen molar-refractivity contribution in [1.82, 2.24) is 29.5 Å². The Morgan fingerprint density at radius 1 is 0.927 bits per heavy atom. The molecule has 6 rings (SSSR count). The SMILES string of the molecule is CCCCOc1nc(N(Cc2ccc(OC)cc2)Cc2ccc(OC)cc2)c2ncc(C(O)c3cnc(N4CCN(C(=O)OC(C)(C)C)CC4)c(Cl)c3)n2n1. The number of hydrogen-bond donors (Lipinski definition) is 1. The summed E-state index contributed by atoms with van der Waals surface area (Å²) in [6.45, 7) is 11.0. The fraction of sp³-hybridized carbons (Fsp3) is 0.425. The van der Waals surface area contributed by atoms with Crippen molar-refractivity contribution in [2.24, 2.45) is 0 Å². The molecule has 4 heterocycles. The van der Waals surface area contributed by atoms with E-state index in [9.17, 15) is 9.90 Å². The van der Waals surface area contributed by atoms with Crippen LogP contribution >= 0.6 is 11.6 Å². The molecule has 1 aliphatic rings. The first-order valence-corrected chi connectivity index (χ1v) is 18.8. The van der Waals surface area contributed by atoms with Gasteiger partial charge in [-0.25, -0.2) is 19.3 Å². The molecule has 1 aliphatic heterocycles. The number of carbonyl (C=O) groups excluding carboxylic acids is 1. The zero-order valence-electron chi connectivity index (χ0n) is 32.2. The van der Waals surface area contributed by atoms with Crippen molar-refractivity contribution in [2.75, 3.05) is 56.8 Å². The van der Waals surface area contributed by atoms with Crippen LogP contribution in [0.15, 0.2) is 67.0 Å². The van der Waals surface area contributed by atoms with E-state index >= 15 is 0 Å². The summed E-state index contributed by atoms with van der Waals surface area (Å²) in [5.74, 6) is 2.63. The summed E-state index contributed by atoms with van der Waals surface area (Å²) in [5.41, 5.74) is 2.78. The minimum atomic E-state index is -1.18. The zero-order valence-corrected chi connectivity index (χ0v) is 33.0.